The summed E-state index contributed by atoms with van der Waals surface area (Å²) in [4.78, 5) is 29.1. The number of carbonyl (C=O) groups excluding carboxylic acids is 2. The SMILES string of the molecule is CCCN(CC(=O)N(Cc1ccccc1)Cc1ccco1)C(=O)c1cccc(C(F)(F)F)c1. The summed E-state index contributed by atoms with van der Waals surface area (Å²) < 4.78 is 44.7. The Hall–Kier alpha value is -3.55. The molecule has 0 atom stereocenters. The standard InChI is InChI=1S/C25H25F3N2O3/c1-2-13-29(24(32)20-10-6-11-21(15-20)25(26,27)28)18-23(31)30(17-22-12-7-14-33-22)16-19-8-4-3-5-9-19/h3-12,14-15H,2,13,16-18H2,1H3. The minimum absolute atomic E-state index is 0.105. The topological polar surface area (TPSA) is 53.8 Å². The van der Waals surface area contributed by atoms with Gasteiger partial charge in [0.2, 0.25) is 5.91 Å². The first-order valence-corrected chi connectivity index (χ1v) is 10.6. The number of hydrogen-bond donors (Lipinski definition) is 0. The molecule has 0 bridgehead atoms. The summed E-state index contributed by atoms with van der Waals surface area (Å²) in [5.74, 6) is -0.358. The van der Waals surface area contributed by atoms with Crippen molar-refractivity contribution in [2.75, 3.05) is 13.1 Å². The predicted octanol–water partition coefficient (Wildman–Crippen LogP) is 5.38. The lowest BCUT2D eigenvalue weighted by molar-refractivity contribution is -0.137. The average molecular weight is 458 g/mol. The molecule has 2 aromatic carbocycles. The molecule has 0 unspecified atom stereocenters. The van der Waals surface area contributed by atoms with Crippen LogP contribution >= 0.6 is 0 Å². The number of benzene rings is 2. The number of nitrogens with zero attached hydrogens (tertiary/aromatic N) is 2. The highest BCUT2D eigenvalue weighted by Gasteiger charge is 2.31. The van der Waals surface area contributed by atoms with Crippen LogP contribution in [0.4, 0.5) is 13.2 Å². The third kappa shape index (κ3) is 6.71. The summed E-state index contributed by atoms with van der Waals surface area (Å²) in [5.41, 5.74) is -0.102. The Bertz CT molecular complexity index is 1050. The van der Waals surface area contributed by atoms with Gasteiger partial charge in [0.1, 0.15) is 12.3 Å². The molecule has 0 saturated carbocycles. The lowest BCUT2D eigenvalue weighted by Gasteiger charge is -2.27. The fourth-order valence-electron chi connectivity index (χ4n) is 3.42. The van der Waals surface area contributed by atoms with E-state index in [1.165, 1.54) is 23.3 Å². The highest BCUT2D eigenvalue weighted by atomic mass is 19.4. The van der Waals surface area contributed by atoms with Crippen LogP contribution in [0.1, 0.15) is 40.6 Å². The first kappa shape index (κ1) is 24.1. The van der Waals surface area contributed by atoms with E-state index in [0.717, 1.165) is 17.7 Å². The first-order chi connectivity index (χ1) is 15.8. The van der Waals surface area contributed by atoms with Crippen LogP contribution in [-0.2, 0) is 24.1 Å². The fraction of sp³-hybridized carbons (Fsp3) is 0.280. The molecule has 0 saturated heterocycles. The van der Waals surface area contributed by atoms with Gasteiger partial charge >= 0.3 is 6.18 Å². The molecule has 0 aliphatic carbocycles. The third-order valence-corrected chi connectivity index (χ3v) is 5.04. The van der Waals surface area contributed by atoms with Crippen molar-refractivity contribution in [3.8, 4) is 0 Å². The van der Waals surface area contributed by atoms with E-state index in [4.69, 9.17) is 4.42 Å². The van der Waals surface area contributed by atoms with Gasteiger partial charge in [-0.3, -0.25) is 9.59 Å². The molecule has 3 rings (SSSR count). The smallest absolute Gasteiger partial charge is 0.416 e. The quantitative estimate of drug-likeness (QED) is 0.433. The molecule has 1 heterocycles. The maximum Gasteiger partial charge on any atom is 0.416 e. The molecule has 8 heteroatoms. The highest BCUT2D eigenvalue weighted by Crippen LogP contribution is 2.29. The van der Waals surface area contributed by atoms with Crippen LogP contribution in [-0.4, -0.2) is 34.7 Å². The fourth-order valence-corrected chi connectivity index (χ4v) is 3.42. The maximum atomic E-state index is 13.2. The van der Waals surface area contributed by atoms with E-state index in [9.17, 15) is 22.8 Å². The number of carbonyl (C=O) groups is 2. The van der Waals surface area contributed by atoms with Gasteiger partial charge in [-0.25, -0.2) is 0 Å². The largest absolute Gasteiger partial charge is 0.467 e. The van der Waals surface area contributed by atoms with E-state index in [1.807, 2.05) is 37.3 Å². The zero-order chi connectivity index (χ0) is 23.8. The minimum Gasteiger partial charge on any atom is -0.467 e. The van der Waals surface area contributed by atoms with Crippen LogP contribution < -0.4 is 0 Å². The second-order valence-electron chi connectivity index (χ2n) is 7.62. The summed E-state index contributed by atoms with van der Waals surface area (Å²) in [5, 5.41) is 0. The van der Waals surface area contributed by atoms with E-state index >= 15 is 0 Å². The van der Waals surface area contributed by atoms with Gasteiger partial charge in [0, 0.05) is 18.7 Å². The molecule has 2 amide bonds. The molecule has 1 aromatic heterocycles. The molecule has 0 aliphatic heterocycles. The lowest BCUT2D eigenvalue weighted by atomic mass is 10.1. The molecule has 5 nitrogen and oxygen atoms in total. The molecule has 33 heavy (non-hydrogen) atoms. The number of alkyl halides is 3. The summed E-state index contributed by atoms with van der Waals surface area (Å²) in [7, 11) is 0. The van der Waals surface area contributed by atoms with Crippen molar-refractivity contribution in [2.24, 2.45) is 0 Å². The van der Waals surface area contributed by atoms with Gasteiger partial charge in [0.25, 0.3) is 5.91 Å². The van der Waals surface area contributed by atoms with Crippen molar-refractivity contribution in [3.63, 3.8) is 0 Å². The van der Waals surface area contributed by atoms with E-state index < -0.39 is 17.6 Å². The normalized spacial score (nSPS) is 11.3. The Labute approximate surface area is 190 Å². The molecule has 0 fully saturated rings. The Morgan fingerprint density at radius 3 is 2.30 bits per heavy atom. The molecule has 0 aliphatic rings. The van der Waals surface area contributed by atoms with Gasteiger partial charge in [-0.05, 0) is 42.3 Å². The van der Waals surface area contributed by atoms with E-state index in [1.54, 1.807) is 17.0 Å². The highest BCUT2D eigenvalue weighted by molar-refractivity contribution is 5.96. The van der Waals surface area contributed by atoms with E-state index in [0.29, 0.717) is 18.7 Å². The van der Waals surface area contributed by atoms with Gasteiger partial charge in [-0.2, -0.15) is 13.2 Å². The van der Waals surface area contributed by atoms with Crippen LogP contribution in [0, 0.1) is 0 Å². The number of amides is 2. The average Bonchev–Trinajstić information content (AvgIpc) is 3.31. The number of halogens is 3. The van der Waals surface area contributed by atoms with Gasteiger partial charge < -0.3 is 14.2 Å². The first-order valence-electron chi connectivity index (χ1n) is 10.6. The van der Waals surface area contributed by atoms with E-state index in [-0.39, 0.29) is 31.1 Å². The lowest BCUT2D eigenvalue weighted by Crippen LogP contribution is -2.42. The monoisotopic (exact) mass is 458 g/mol. The number of furan rings is 1. The van der Waals surface area contributed by atoms with Crippen LogP contribution in [0.3, 0.4) is 0 Å². The van der Waals surface area contributed by atoms with Crippen LogP contribution in [0.15, 0.2) is 77.4 Å². The Morgan fingerprint density at radius 1 is 0.909 bits per heavy atom. The van der Waals surface area contributed by atoms with Gasteiger partial charge in [0.15, 0.2) is 0 Å². The summed E-state index contributed by atoms with van der Waals surface area (Å²) in [6.45, 7) is 2.33. The van der Waals surface area contributed by atoms with Crippen molar-refractivity contribution in [1.82, 2.24) is 9.80 Å². The molecule has 0 spiro atoms. The van der Waals surface area contributed by atoms with Crippen LogP contribution in [0.2, 0.25) is 0 Å². The third-order valence-electron chi connectivity index (χ3n) is 5.04. The molecule has 174 valence electrons. The second kappa shape index (κ2) is 10.8. The van der Waals surface area contributed by atoms with Gasteiger partial charge in [0.05, 0.1) is 18.4 Å². The van der Waals surface area contributed by atoms with Crippen molar-refractivity contribution in [1.29, 1.82) is 0 Å². The van der Waals surface area contributed by atoms with Crippen LogP contribution in [0.5, 0.6) is 0 Å². The Kier molecular flexibility index (Phi) is 7.92. The summed E-state index contributed by atoms with van der Waals surface area (Å²) in [6.07, 6.45) is -2.49. The van der Waals surface area contributed by atoms with Crippen LogP contribution in [0.25, 0.3) is 0 Å². The minimum atomic E-state index is -4.56. The predicted molar refractivity (Wildman–Crippen MR) is 117 cm³/mol. The second-order valence-corrected chi connectivity index (χ2v) is 7.62. The zero-order valence-electron chi connectivity index (χ0n) is 18.2. The van der Waals surface area contributed by atoms with Crippen molar-refractivity contribution >= 4 is 11.8 Å². The van der Waals surface area contributed by atoms with Crippen molar-refractivity contribution in [2.45, 2.75) is 32.6 Å². The van der Waals surface area contributed by atoms with E-state index in [2.05, 4.69) is 0 Å². The number of rotatable bonds is 9. The summed E-state index contributed by atoms with van der Waals surface area (Å²) in [6, 6.07) is 17.1. The Balaban J connectivity index is 1.80. The van der Waals surface area contributed by atoms with Gasteiger partial charge in [-0.1, -0.05) is 43.3 Å². The molecular weight excluding hydrogens is 433 g/mol. The molecule has 0 N–H and O–H groups in total. The maximum absolute atomic E-state index is 13.2. The number of hydrogen-bond acceptors (Lipinski definition) is 3. The molecule has 0 radical (unpaired) electrons. The van der Waals surface area contributed by atoms with Crippen molar-refractivity contribution in [3.05, 3.63) is 95.4 Å². The summed E-state index contributed by atoms with van der Waals surface area (Å²) >= 11 is 0. The van der Waals surface area contributed by atoms with Gasteiger partial charge in [-0.15, -0.1) is 0 Å². The molecule has 3 aromatic rings. The Morgan fingerprint density at radius 2 is 1.67 bits per heavy atom. The van der Waals surface area contributed by atoms with Crippen molar-refractivity contribution < 1.29 is 27.2 Å². The molecular formula is C25H25F3N2O3. The zero-order valence-corrected chi connectivity index (χ0v) is 18.2.